The van der Waals surface area contributed by atoms with E-state index in [1.807, 2.05) is 0 Å². The lowest BCUT2D eigenvalue weighted by atomic mass is 10.1. The normalized spacial score (nSPS) is 10.3. The Labute approximate surface area is 190 Å². The lowest BCUT2D eigenvalue weighted by Gasteiger charge is -2.03. The first-order valence-electron chi connectivity index (χ1n) is 9.70. The van der Waals surface area contributed by atoms with Gasteiger partial charge in [-0.25, -0.2) is 26.3 Å². The lowest BCUT2D eigenvalue weighted by Crippen LogP contribution is -1.94. The van der Waals surface area contributed by atoms with Crippen LogP contribution in [-0.2, 0) is 0 Å². The average molecular weight is 466 g/mol. The Kier molecular flexibility index (Phi) is 6.21. The summed E-state index contributed by atoms with van der Waals surface area (Å²) >= 11 is 0. The van der Waals surface area contributed by atoms with Crippen molar-refractivity contribution in [2.75, 3.05) is 7.11 Å². The Morgan fingerprint density at radius 3 is 1.97 bits per heavy atom. The number of fused-ring (bicyclic) bond motifs is 1. The van der Waals surface area contributed by atoms with Crippen molar-refractivity contribution in [1.82, 2.24) is 0 Å². The van der Waals surface area contributed by atoms with Gasteiger partial charge in [-0.2, -0.15) is 0 Å². The van der Waals surface area contributed by atoms with Crippen LogP contribution in [0.5, 0.6) is 5.75 Å². The van der Waals surface area contributed by atoms with Gasteiger partial charge < -0.3 is 4.74 Å². The average Bonchev–Trinajstić information content (AvgIpc) is 2.81. The minimum Gasteiger partial charge on any atom is -0.497 e. The van der Waals surface area contributed by atoms with Gasteiger partial charge in [0.2, 0.25) is 0 Å². The van der Waals surface area contributed by atoms with Gasteiger partial charge in [0.15, 0.2) is 17.5 Å². The second-order valence-electron chi connectivity index (χ2n) is 7.08. The van der Waals surface area contributed by atoms with E-state index in [2.05, 4.69) is 23.7 Å². The summed E-state index contributed by atoms with van der Waals surface area (Å²) in [4.78, 5) is 0. The summed E-state index contributed by atoms with van der Waals surface area (Å²) in [7, 11) is 1.39. The molecular formula is C27H12F6O. The number of ether oxygens (including phenoxy) is 1. The molecule has 0 unspecified atom stereocenters. The van der Waals surface area contributed by atoms with E-state index >= 15 is 0 Å². The van der Waals surface area contributed by atoms with Crippen molar-refractivity contribution in [2.45, 2.75) is 0 Å². The van der Waals surface area contributed by atoms with Crippen LogP contribution < -0.4 is 4.74 Å². The first-order valence-corrected chi connectivity index (χ1v) is 9.70. The number of halogens is 6. The fraction of sp³-hybridized carbons (Fsp3) is 0.0370. The fourth-order valence-corrected chi connectivity index (χ4v) is 3.15. The van der Waals surface area contributed by atoms with E-state index in [1.54, 1.807) is 0 Å². The van der Waals surface area contributed by atoms with E-state index in [0.29, 0.717) is 5.75 Å². The van der Waals surface area contributed by atoms with Crippen molar-refractivity contribution in [1.29, 1.82) is 0 Å². The summed E-state index contributed by atoms with van der Waals surface area (Å²) < 4.78 is 88.5. The molecule has 4 aromatic rings. The standard InChI is InChI=1S/C27H12F6O/c1-34-19-7-6-17(22(28)14-19)5-2-16-11-23(29)21(24(30)12-16)9-4-15-3-8-20-18(10-15)13-25(31)27(33)26(20)32/h3,6-8,10-14H,1H3. The molecule has 168 valence electrons. The maximum absolute atomic E-state index is 14.5. The number of rotatable bonds is 1. The van der Waals surface area contributed by atoms with E-state index < -0.39 is 40.5 Å². The maximum atomic E-state index is 14.5. The monoisotopic (exact) mass is 466 g/mol. The topological polar surface area (TPSA) is 9.23 Å². The Hall–Kier alpha value is -4.36. The molecule has 0 N–H and O–H groups in total. The van der Waals surface area contributed by atoms with Crippen LogP contribution in [0, 0.1) is 58.6 Å². The third kappa shape index (κ3) is 4.55. The summed E-state index contributed by atoms with van der Waals surface area (Å²) in [6.45, 7) is 0. The predicted octanol–water partition coefficient (Wildman–Crippen LogP) is 6.48. The van der Waals surface area contributed by atoms with Crippen LogP contribution in [0.2, 0.25) is 0 Å². The van der Waals surface area contributed by atoms with Gasteiger partial charge in [-0.1, -0.05) is 29.7 Å². The Balaban J connectivity index is 1.64. The Morgan fingerprint density at radius 1 is 0.588 bits per heavy atom. The highest BCUT2D eigenvalue weighted by Crippen LogP contribution is 2.24. The van der Waals surface area contributed by atoms with Gasteiger partial charge in [-0.05, 0) is 47.9 Å². The first kappa shape index (κ1) is 22.8. The smallest absolute Gasteiger partial charge is 0.195 e. The van der Waals surface area contributed by atoms with Gasteiger partial charge in [0.05, 0.1) is 18.2 Å². The van der Waals surface area contributed by atoms with E-state index in [-0.39, 0.29) is 27.5 Å². The van der Waals surface area contributed by atoms with E-state index in [1.165, 1.54) is 37.4 Å². The van der Waals surface area contributed by atoms with Crippen molar-refractivity contribution in [3.05, 3.63) is 112 Å². The molecule has 0 aliphatic heterocycles. The van der Waals surface area contributed by atoms with Gasteiger partial charge in [-0.3, -0.25) is 0 Å². The zero-order valence-corrected chi connectivity index (χ0v) is 17.4. The molecule has 0 aliphatic carbocycles. The molecule has 0 aliphatic rings. The maximum Gasteiger partial charge on any atom is 0.195 e. The Bertz CT molecular complexity index is 1540. The second-order valence-corrected chi connectivity index (χ2v) is 7.08. The summed E-state index contributed by atoms with van der Waals surface area (Å²) in [6.07, 6.45) is 0. The minimum atomic E-state index is -1.59. The van der Waals surface area contributed by atoms with Crippen LogP contribution in [0.15, 0.2) is 54.6 Å². The van der Waals surface area contributed by atoms with Crippen LogP contribution in [0.1, 0.15) is 22.3 Å². The number of benzene rings is 4. The molecule has 0 aromatic heterocycles. The van der Waals surface area contributed by atoms with Gasteiger partial charge in [-0.15, -0.1) is 0 Å². The van der Waals surface area contributed by atoms with Crippen molar-refractivity contribution < 1.29 is 31.1 Å². The largest absolute Gasteiger partial charge is 0.497 e. The molecule has 0 spiro atoms. The highest BCUT2D eigenvalue weighted by molar-refractivity contribution is 5.84. The zero-order valence-electron chi connectivity index (χ0n) is 17.4. The molecule has 0 atom stereocenters. The molecular weight excluding hydrogens is 454 g/mol. The molecule has 0 fully saturated rings. The lowest BCUT2D eigenvalue weighted by molar-refractivity contribution is 0.411. The van der Waals surface area contributed by atoms with Crippen LogP contribution in [0.4, 0.5) is 26.3 Å². The van der Waals surface area contributed by atoms with Crippen molar-refractivity contribution in [3.8, 4) is 29.4 Å². The molecule has 7 heteroatoms. The Morgan fingerprint density at radius 2 is 1.29 bits per heavy atom. The van der Waals surface area contributed by atoms with Crippen molar-refractivity contribution >= 4 is 10.8 Å². The molecule has 0 radical (unpaired) electrons. The number of hydrogen-bond donors (Lipinski definition) is 0. The molecule has 0 bridgehead atoms. The van der Waals surface area contributed by atoms with E-state index in [0.717, 1.165) is 24.3 Å². The minimum absolute atomic E-state index is 0.0227. The van der Waals surface area contributed by atoms with Crippen LogP contribution in [0.3, 0.4) is 0 Å². The molecule has 4 aromatic carbocycles. The van der Waals surface area contributed by atoms with Gasteiger partial charge in [0, 0.05) is 22.6 Å². The molecule has 0 amide bonds. The molecule has 4 rings (SSSR count). The van der Waals surface area contributed by atoms with Crippen LogP contribution in [-0.4, -0.2) is 7.11 Å². The molecule has 0 saturated heterocycles. The summed E-state index contributed by atoms with van der Waals surface area (Å²) in [5, 5.41) is -0.112. The third-order valence-electron chi connectivity index (χ3n) is 4.86. The van der Waals surface area contributed by atoms with Crippen LogP contribution in [0.25, 0.3) is 10.8 Å². The molecule has 0 heterocycles. The zero-order chi connectivity index (χ0) is 24.4. The molecule has 0 saturated carbocycles. The summed E-state index contributed by atoms with van der Waals surface area (Å²) in [5.74, 6) is 3.24. The SMILES string of the molecule is COc1ccc(C#Cc2cc(F)c(C#Cc3ccc4c(F)c(F)c(F)cc4c3)c(F)c2)c(F)c1. The van der Waals surface area contributed by atoms with Gasteiger partial charge >= 0.3 is 0 Å². The summed E-state index contributed by atoms with van der Waals surface area (Å²) in [6, 6.07) is 10.5. The fourth-order valence-electron chi connectivity index (χ4n) is 3.15. The first-order chi connectivity index (χ1) is 16.3. The quantitative estimate of drug-likeness (QED) is 0.177. The van der Waals surface area contributed by atoms with Crippen molar-refractivity contribution in [3.63, 3.8) is 0 Å². The highest BCUT2D eigenvalue weighted by Gasteiger charge is 2.13. The third-order valence-corrected chi connectivity index (χ3v) is 4.86. The van der Waals surface area contributed by atoms with Gasteiger partial charge in [0.25, 0.3) is 0 Å². The number of methoxy groups -OCH3 is 1. The van der Waals surface area contributed by atoms with Gasteiger partial charge in [0.1, 0.15) is 23.2 Å². The second kappa shape index (κ2) is 9.25. The number of hydrogen-bond acceptors (Lipinski definition) is 1. The molecule has 1 nitrogen and oxygen atoms in total. The predicted molar refractivity (Wildman–Crippen MR) is 115 cm³/mol. The van der Waals surface area contributed by atoms with E-state index in [4.69, 9.17) is 4.74 Å². The van der Waals surface area contributed by atoms with Crippen molar-refractivity contribution in [2.24, 2.45) is 0 Å². The van der Waals surface area contributed by atoms with Crippen LogP contribution >= 0.6 is 0 Å². The van der Waals surface area contributed by atoms with E-state index in [9.17, 15) is 26.3 Å². The highest BCUT2D eigenvalue weighted by atomic mass is 19.2. The summed E-state index contributed by atoms with van der Waals surface area (Å²) in [5.41, 5.74) is -0.350. The molecule has 34 heavy (non-hydrogen) atoms.